The van der Waals surface area contributed by atoms with Gasteiger partial charge in [-0.25, -0.2) is 4.79 Å². The van der Waals surface area contributed by atoms with Crippen LogP contribution in [0.15, 0.2) is 30.3 Å². The molecule has 0 aliphatic heterocycles. The number of urea groups is 1. The lowest BCUT2D eigenvalue weighted by Crippen LogP contribution is -2.39. The zero-order chi connectivity index (χ0) is 15.7. The minimum absolute atomic E-state index is 0.0129. The Kier molecular flexibility index (Phi) is 6.73. The van der Waals surface area contributed by atoms with E-state index < -0.39 is 23.8 Å². The molecule has 1 aromatic carbocycles. The minimum Gasteiger partial charge on any atom is -0.481 e. The standard InChI is InChI=1S/C14H19N3O4/c15-12(18)7-4-8-16-14(21)17-9-11(13(19)20)10-5-2-1-3-6-10/h1-3,5-6,11H,4,7-9H2,(H2,15,18)(H,19,20)(H2,16,17,21). The predicted octanol–water partition coefficient (Wildman–Crippen LogP) is 0.420. The van der Waals surface area contributed by atoms with Crippen LogP contribution in [0.25, 0.3) is 0 Å². The Bertz CT molecular complexity index is 490. The normalized spacial score (nSPS) is 11.4. The lowest BCUT2D eigenvalue weighted by atomic mass is 9.99. The first-order valence-corrected chi connectivity index (χ1v) is 6.58. The zero-order valence-electron chi connectivity index (χ0n) is 11.5. The number of carboxylic acid groups (broad SMARTS) is 1. The number of amides is 3. The molecule has 7 nitrogen and oxygen atoms in total. The molecular weight excluding hydrogens is 274 g/mol. The first-order chi connectivity index (χ1) is 10.0. The molecule has 0 aliphatic rings. The summed E-state index contributed by atoms with van der Waals surface area (Å²) in [5.74, 6) is -2.23. The van der Waals surface area contributed by atoms with Gasteiger partial charge in [0, 0.05) is 19.5 Å². The SMILES string of the molecule is NC(=O)CCCNC(=O)NCC(C(=O)O)c1ccccc1. The fraction of sp³-hybridized carbons (Fsp3) is 0.357. The minimum atomic E-state index is -1.00. The van der Waals surface area contributed by atoms with Gasteiger partial charge in [0.25, 0.3) is 0 Å². The molecule has 1 aromatic rings. The highest BCUT2D eigenvalue weighted by atomic mass is 16.4. The number of nitrogens with two attached hydrogens (primary N) is 1. The molecule has 0 bridgehead atoms. The smallest absolute Gasteiger partial charge is 0.314 e. The first kappa shape index (κ1) is 16.5. The molecule has 0 heterocycles. The monoisotopic (exact) mass is 293 g/mol. The molecule has 21 heavy (non-hydrogen) atoms. The summed E-state index contributed by atoms with van der Waals surface area (Å²) in [7, 11) is 0. The number of primary amides is 1. The van der Waals surface area contributed by atoms with Gasteiger partial charge in [-0.1, -0.05) is 30.3 Å². The Morgan fingerprint density at radius 2 is 1.81 bits per heavy atom. The second-order valence-corrected chi connectivity index (χ2v) is 4.51. The fourth-order valence-corrected chi connectivity index (χ4v) is 1.75. The lowest BCUT2D eigenvalue weighted by Gasteiger charge is -2.14. The number of carboxylic acids is 1. The summed E-state index contributed by atoms with van der Waals surface area (Å²) < 4.78 is 0. The molecule has 1 unspecified atom stereocenters. The second-order valence-electron chi connectivity index (χ2n) is 4.51. The molecule has 0 spiro atoms. The number of nitrogens with one attached hydrogen (secondary N) is 2. The van der Waals surface area contributed by atoms with Gasteiger partial charge in [-0.05, 0) is 12.0 Å². The van der Waals surface area contributed by atoms with E-state index in [1.165, 1.54) is 0 Å². The van der Waals surface area contributed by atoms with E-state index >= 15 is 0 Å². The highest BCUT2D eigenvalue weighted by Crippen LogP contribution is 2.14. The van der Waals surface area contributed by atoms with Crippen LogP contribution in [0.5, 0.6) is 0 Å². The van der Waals surface area contributed by atoms with Crippen molar-refractivity contribution in [2.75, 3.05) is 13.1 Å². The van der Waals surface area contributed by atoms with Gasteiger partial charge in [0.05, 0.1) is 5.92 Å². The van der Waals surface area contributed by atoms with E-state index in [-0.39, 0.29) is 13.0 Å². The number of benzene rings is 1. The third kappa shape index (κ3) is 6.42. The van der Waals surface area contributed by atoms with Crippen molar-refractivity contribution in [1.82, 2.24) is 10.6 Å². The van der Waals surface area contributed by atoms with Crippen molar-refractivity contribution in [1.29, 1.82) is 0 Å². The van der Waals surface area contributed by atoms with Crippen molar-refractivity contribution in [3.05, 3.63) is 35.9 Å². The third-order valence-electron chi connectivity index (χ3n) is 2.85. The van der Waals surface area contributed by atoms with Crippen molar-refractivity contribution in [2.24, 2.45) is 5.73 Å². The maximum Gasteiger partial charge on any atom is 0.314 e. The van der Waals surface area contributed by atoms with E-state index in [9.17, 15) is 19.5 Å². The van der Waals surface area contributed by atoms with Gasteiger partial charge < -0.3 is 21.5 Å². The highest BCUT2D eigenvalue weighted by molar-refractivity contribution is 5.79. The zero-order valence-corrected chi connectivity index (χ0v) is 11.5. The van der Waals surface area contributed by atoms with Crippen molar-refractivity contribution in [3.63, 3.8) is 0 Å². The molecule has 114 valence electrons. The second kappa shape index (κ2) is 8.57. The van der Waals surface area contributed by atoms with Crippen LogP contribution < -0.4 is 16.4 Å². The van der Waals surface area contributed by atoms with E-state index in [0.717, 1.165) is 0 Å². The quantitative estimate of drug-likeness (QED) is 0.519. The molecule has 0 radical (unpaired) electrons. The average molecular weight is 293 g/mol. The van der Waals surface area contributed by atoms with Crippen LogP contribution in [0.1, 0.15) is 24.3 Å². The summed E-state index contributed by atoms with van der Waals surface area (Å²) in [5.41, 5.74) is 5.60. The Morgan fingerprint density at radius 1 is 1.14 bits per heavy atom. The van der Waals surface area contributed by atoms with Crippen LogP contribution in [0.3, 0.4) is 0 Å². The summed E-state index contributed by atoms with van der Waals surface area (Å²) in [6.45, 7) is 0.291. The molecule has 0 saturated carbocycles. The Morgan fingerprint density at radius 3 is 2.38 bits per heavy atom. The van der Waals surface area contributed by atoms with Gasteiger partial charge in [0.15, 0.2) is 0 Å². The Labute approximate surface area is 122 Å². The molecule has 0 aromatic heterocycles. The van der Waals surface area contributed by atoms with Gasteiger partial charge in [-0.3, -0.25) is 9.59 Å². The number of carbonyl (C=O) groups is 3. The van der Waals surface area contributed by atoms with Crippen LogP contribution in [0, 0.1) is 0 Å². The topological polar surface area (TPSA) is 122 Å². The molecule has 3 amide bonds. The van der Waals surface area contributed by atoms with Crippen molar-refractivity contribution in [2.45, 2.75) is 18.8 Å². The first-order valence-electron chi connectivity index (χ1n) is 6.58. The Balaban J connectivity index is 2.38. The number of hydrogen-bond acceptors (Lipinski definition) is 3. The molecule has 0 aliphatic carbocycles. The molecule has 5 N–H and O–H groups in total. The van der Waals surface area contributed by atoms with Crippen molar-refractivity contribution in [3.8, 4) is 0 Å². The van der Waals surface area contributed by atoms with E-state index in [1.54, 1.807) is 30.3 Å². The van der Waals surface area contributed by atoms with Crippen molar-refractivity contribution < 1.29 is 19.5 Å². The van der Waals surface area contributed by atoms with Gasteiger partial charge in [0.2, 0.25) is 5.91 Å². The van der Waals surface area contributed by atoms with Gasteiger partial charge >= 0.3 is 12.0 Å². The molecular formula is C14H19N3O4. The van der Waals surface area contributed by atoms with E-state index in [2.05, 4.69) is 10.6 Å². The Hall–Kier alpha value is -2.57. The molecule has 1 rings (SSSR count). The van der Waals surface area contributed by atoms with Crippen LogP contribution in [-0.4, -0.2) is 36.1 Å². The van der Waals surface area contributed by atoms with Crippen LogP contribution in [0.4, 0.5) is 4.79 Å². The average Bonchev–Trinajstić information content (AvgIpc) is 2.44. The summed E-state index contributed by atoms with van der Waals surface area (Å²) in [4.78, 5) is 33.3. The third-order valence-corrected chi connectivity index (χ3v) is 2.85. The van der Waals surface area contributed by atoms with Gasteiger partial charge in [-0.15, -0.1) is 0 Å². The maximum atomic E-state index is 11.5. The number of hydrogen-bond donors (Lipinski definition) is 4. The lowest BCUT2D eigenvalue weighted by molar-refractivity contribution is -0.138. The summed E-state index contributed by atoms with van der Waals surface area (Å²) in [6.07, 6.45) is 0.645. The summed E-state index contributed by atoms with van der Waals surface area (Å²) in [5, 5.41) is 14.2. The van der Waals surface area contributed by atoms with Crippen molar-refractivity contribution >= 4 is 17.9 Å². The fourth-order valence-electron chi connectivity index (χ4n) is 1.75. The van der Waals surface area contributed by atoms with Gasteiger partial charge in [-0.2, -0.15) is 0 Å². The predicted molar refractivity (Wildman–Crippen MR) is 76.6 cm³/mol. The van der Waals surface area contributed by atoms with Crippen LogP contribution in [-0.2, 0) is 9.59 Å². The number of rotatable bonds is 8. The largest absolute Gasteiger partial charge is 0.481 e. The maximum absolute atomic E-state index is 11.5. The van der Waals surface area contributed by atoms with Crippen LogP contribution in [0.2, 0.25) is 0 Å². The molecule has 1 atom stereocenters. The summed E-state index contributed by atoms with van der Waals surface area (Å²) in [6, 6.07) is 8.21. The van der Waals surface area contributed by atoms with Crippen LogP contribution >= 0.6 is 0 Å². The molecule has 0 saturated heterocycles. The molecule has 7 heteroatoms. The van der Waals surface area contributed by atoms with E-state index in [4.69, 9.17) is 5.73 Å². The number of carbonyl (C=O) groups excluding carboxylic acids is 2. The van der Waals surface area contributed by atoms with E-state index in [1.807, 2.05) is 0 Å². The van der Waals surface area contributed by atoms with Gasteiger partial charge in [0.1, 0.15) is 0 Å². The van der Waals surface area contributed by atoms with E-state index in [0.29, 0.717) is 18.5 Å². The highest BCUT2D eigenvalue weighted by Gasteiger charge is 2.20. The summed E-state index contributed by atoms with van der Waals surface area (Å²) >= 11 is 0. The molecule has 0 fully saturated rings. The number of aliphatic carboxylic acids is 1.